The molecule has 0 aliphatic rings. The van der Waals surface area contributed by atoms with Gasteiger partial charge in [-0.1, -0.05) is 23.7 Å². The summed E-state index contributed by atoms with van der Waals surface area (Å²) >= 11 is 6.08. The fraction of sp³-hybridized carbons (Fsp3) is 0.133. The fourth-order valence-electron chi connectivity index (χ4n) is 1.74. The molecular formula is C15H13ClFNO3. The molecule has 0 spiro atoms. The quantitative estimate of drug-likeness (QED) is 0.922. The summed E-state index contributed by atoms with van der Waals surface area (Å²) in [6.07, 6.45) is 0. The lowest BCUT2D eigenvalue weighted by Gasteiger charge is -2.13. The maximum absolute atomic E-state index is 12.8. The van der Waals surface area contributed by atoms with E-state index in [1.54, 1.807) is 12.1 Å². The number of methoxy groups -OCH3 is 1. The topological polar surface area (TPSA) is 61.5 Å². The lowest BCUT2D eigenvalue weighted by Crippen LogP contribution is -2.11. The van der Waals surface area contributed by atoms with Gasteiger partial charge in [0.2, 0.25) is 5.91 Å². The van der Waals surface area contributed by atoms with Crippen LogP contribution in [0.2, 0.25) is 5.02 Å². The van der Waals surface area contributed by atoms with Gasteiger partial charge in [-0.15, -0.1) is 0 Å². The molecule has 0 aromatic heterocycles. The van der Waals surface area contributed by atoms with Gasteiger partial charge in [-0.25, -0.2) is 4.39 Å². The number of nitrogens with two attached hydrogens (primary N) is 1. The number of carbonyl (C=O) groups is 1. The molecule has 0 aliphatic carbocycles. The first-order valence-corrected chi connectivity index (χ1v) is 6.43. The monoisotopic (exact) mass is 309 g/mol. The van der Waals surface area contributed by atoms with Gasteiger partial charge in [0, 0.05) is 5.56 Å². The molecule has 0 unspecified atom stereocenters. The standard InChI is InChI=1S/C15H13ClFNO3/c1-20-13-7-10(15(18)19)6-12(16)14(13)21-8-9-2-4-11(17)5-3-9/h2-7H,8H2,1H3,(H2,18,19). The van der Waals surface area contributed by atoms with E-state index in [0.29, 0.717) is 11.5 Å². The molecule has 2 aromatic rings. The zero-order valence-corrected chi connectivity index (χ0v) is 12.0. The van der Waals surface area contributed by atoms with E-state index in [9.17, 15) is 9.18 Å². The molecule has 4 nitrogen and oxygen atoms in total. The smallest absolute Gasteiger partial charge is 0.248 e. The van der Waals surface area contributed by atoms with Crippen LogP contribution in [0.15, 0.2) is 36.4 Å². The number of benzene rings is 2. The summed E-state index contributed by atoms with van der Waals surface area (Å²) in [6.45, 7) is 0.187. The highest BCUT2D eigenvalue weighted by molar-refractivity contribution is 6.32. The van der Waals surface area contributed by atoms with Crippen molar-refractivity contribution in [2.45, 2.75) is 6.61 Å². The van der Waals surface area contributed by atoms with Gasteiger partial charge in [-0.2, -0.15) is 0 Å². The summed E-state index contributed by atoms with van der Waals surface area (Å²) in [5, 5.41) is 0.213. The molecule has 0 radical (unpaired) electrons. The Morgan fingerprint density at radius 3 is 2.52 bits per heavy atom. The van der Waals surface area contributed by atoms with Crippen molar-refractivity contribution in [3.63, 3.8) is 0 Å². The first kappa shape index (κ1) is 15.1. The molecule has 2 N–H and O–H groups in total. The minimum atomic E-state index is -0.611. The number of rotatable bonds is 5. The second-order valence-corrected chi connectivity index (χ2v) is 4.68. The molecular weight excluding hydrogens is 297 g/mol. The van der Waals surface area contributed by atoms with Gasteiger partial charge in [0.05, 0.1) is 12.1 Å². The van der Waals surface area contributed by atoms with E-state index in [-0.39, 0.29) is 23.0 Å². The van der Waals surface area contributed by atoms with Crippen LogP contribution in [0, 0.1) is 5.82 Å². The van der Waals surface area contributed by atoms with Crippen molar-refractivity contribution in [3.05, 3.63) is 58.4 Å². The van der Waals surface area contributed by atoms with Crippen molar-refractivity contribution in [3.8, 4) is 11.5 Å². The van der Waals surface area contributed by atoms with Gasteiger partial charge >= 0.3 is 0 Å². The molecule has 0 saturated carbocycles. The molecule has 2 aromatic carbocycles. The molecule has 0 bridgehead atoms. The van der Waals surface area contributed by atoms with Gasteiger partial charge in [0.1, 0.15) is 12.4 Å². The van der Waals surface area contributed by atoms with Gasteiger partial charge in [0.15, 0.2) is 11.5 Å². The second-order valence-electron chi connectivity index (χ2n) is 4.27. The van der Waals surface area contributed by atoms with Gasteiger partial charge in [-0.05, 0) is 29.8 Å². The maximum Gasteiger partial charge on any atom is 0.248 e. The summed E-state index contributed by atoms with van der Waals surface area (Å²) in [5.41, 5.74) is 6.21. The van der Waals surface area contributed by atoms with Crippen LogP contribution in [-0.2, 0) is 6.61 Å². The van der Waals surface area contributed by atoms with Crippen molar-refractivity contribution in [1.29, 1.82) is 0 Å². The van der Waals surface area contributed by atoms with Crippen LogP contribution >= 0.6 is 11.6 Å². The summed E-state index contributed by atoms with van der Waals surface area (Å²) in [5.74, 6) is -0.327. The van der Waals surface area contributed by atoms with Crippen LogP contribution in [0.5, 0.6) is 11.5 Å². The van der Waals surface area contributed by atoms with Crippen LogP contribution < -0.4 is 15.2 Å². The first-order valence-electron chi connectivity index (χ1n) is 6.06. The number of amides is 1. The average molecular weight is 310 g/mol. The van der Waals surface area contributed by atoms with E-state index in [1.165, 1.54) is 31.4 Å². The van der Waals surface area contributed by atoms with E-state index in [2.05, 4.69) is 0 Å². The molecule has 0 saturated heterocycles. The zero-order chi connectivity index (χ0) is 15.4. The Hall–Kier alpha value is -2.27. The largest absolute Gasteiger partial charge is 0.493 e. The minimum Gasteiger partial charge on any atom is -0.493 e. The Morgan fingerprint density at radius 2 is 1.95 bits per heavy atom. The van der Waals surface area contributed by atoms with Gasteiger partial charge in [-0.3, -0.25) is 4.79 Å². The van der Waals surface area contributed by atoms with Crippen LogP contribution in [0.4, 0.5) is 4.39 Å². The van der Waals surface area contributed by atoms with Crippen molar-refractivity contribution >= 4 is 17.5 Å². The van der Waals surface area contributed by atoms with Crippen molar-refractivity contribution in [2.75, 3.05) is 7.11 Å². The van der Waals surface area contributed by atoms with Crippen molar-refractivity contribution < 1.29 is 18.7 Å². The Labute approximate surface area is 126 Å². The van der Waals surface area contributed by atoms with Crippen molar-refractivity contribution in [2.24, 2.45) is 5.73 Å². The number of hydrogen-bond donors (Lipinski definition) is 1. The molecule has 0 heterocycles. The average Bonchev–Trinajstić information content (AvgIpc) is 2.46. The lowest BCUT2D eigenvalue weighted by atomic mass is 10.2. The number of primary amides is 1. The van der Waals surface area contributed by atoms with E-state index in [4.69, 9.17) is 26.8 Å². The Morgan fingerprint density at radius 1 is 1.29 bits per heavy atom. The number of halogens is 2. The predicted octanol–water partition coefficient (Wildman–Crippen LogP) is 3.17. The SMILES string of the molecule is COc1cc(C(N)=O)cc(Cl)c1OCc1ccc(F)cc1. The summed E-state index contributed by atoms with van der Waals surface area (Å²) in [7, 11) is 1.43. The second kappa shape index (κ2) is 6.45. The van der Waals surface area contributed by atoms with Gasteiger partial charge < -0.3 is 15.2 Å². The summed E-state index contributed by atoms with van der Waals surface area (Å²) in [6, 6.07) is 8.75. The maximum atomic E-state index is 12.8. The normalized spacial score (nSPS) is 10.2. The summed E-state index contributed by atoms with van der Waals surface area (Å²) < 4.78 is 23.6. The van der Waals surface area contributed by atoms with Crippen LogP contribution in [0.25, 0.3) is 0 Å². The van der Waals surface area contributed by atoms with E-state index in [1.807, 2.05) is 0 Å². The number of hydrogen-bond acceptors (Lipinski definition) is 3. The van der Waals surface area contributed by atoms with E-state index in [0.717, 1.165) is 5.56 Å². The molecule has 0 fully saturated rings. The molecule has 0 atom stereocenters. The molecule has 110 valence electrons. The van der Waals surface area contributed by atoms with Gasteiger partial charge in [0.25, 0.3) is 0 Å². The van der Waals surface area contributed by atoms with Crippen LogP contribution in [0.1, 0.15) is 15.9 Å². The molecule has 6 heteroatoms. The predicted molar refractivity (Wildman–Crippen MR) is 77.3 cm³/mol. The van der Waals surface area contributed by atoms with E-state index < -0.39 is 5.91 Å². The van der Waals surface area contributed by atoms with E-state index >= 15 is 0 Å². The number of ether oxygens (including phenoxy) is 2. The highest BCUT2D eigenvalue weighted by atomic mass is 35.5. The van der Waals surface area contributed by atoms with Crippen LogP contribution in [-0.4, -0.2) is 13.0 Å². The Kier molecular flexibility index (Phi) is 4.65. The van der Waals surface area contributed by atoms with Crippen LogP contribution in [0.3, 0.4) is 0 Å². The molecule has 1 amide bonds. The zero-order valence-electron chi connectivity index (χ0n) is 11.2. The highest BCUT2D eigenvalue weighted by Gasteiger charge is 2.14. The third kappa shape index (κ3) is 3.64. The Balaban J connectivity index is 2.23. The lowest BCUT2D eigenvalue weighted by molar-refractivity contribution is 0.1000. The van der Waals surface area contributed by atoms with Crippen molar-refractivity contribution in [1.82, 2.24) is 0 Å². The highest BCUT2D eigenvalue weighted by Crippen LogP contribution is 2.36. The minimum absolute atomic E-state index is 0.187. The third-order valence-electron chi connectivity index (χ3n) is 2.81. The third-order valence-corrected chi connectivity index (χ3v) is 3.09. The fourth-order valence-corrected chi connectivity index (χ4v) is 2.00. The Bertz CT molecular complexity index is 659. The molecule has 0 aliphatic heterocycles. The summed E-state index contributed by atoms with van der Waals surface area (Å²) in [4.78, 5) is 11.2. The molecule has 2 rings (SSSR count). The molecule has 21 heavy (non-hydrogen) atoms. The number of carbonyl (C=O) groups excluding carboxylic acids is 1. The first-order chi connectivity index (χ1) is 10.0.